The topological polar surface area (TPSA) is 77.1 Å². The van der Waals surface area contributed by atoms with E-state index in [1.54, 1.807) is 6.07 Å². The van der Waals surface area contributed by atoms with Gasteiger partial charge < -0.3 is 9.32 Å². The minimum absolute atomic E-state index is 0.0374. The van der Waals surface area contributed by atoms with E-state index in [2.05, 4.69) is 15.3 Å². The van der Waals surface area contributed by atoms with Gasteiger partial charge in [-0.2, -0.15) is 27.1 Å². The Morgan fingerprint density at radius 3 is 2.46 bits per heavy atom. The van der Waals surface area contributed by atoms with E-state index < -0.39 is 35.9 Å². The molecule has 0 saturated carbocycles. The number of benzene rings is 2. The van der Waals surface area contributed by atoms with Crippen molar-refractivity contribution in [3.05, 3.63) is 71.0 Å². The van der Waals surface area contributed by atoms with Crippen LogP contribution < -0.4 is 4.90 Å². The molecule has 2 aromatic carbocycles. The van der Waals surface area contributed by atoms with Gasteiger partial charge in [0.15, 0.2) is 5.69 Å². The van der Waals surface area contributed by atoms with Crippen molar-refractivity contribution < 1.29 is 35.6 Å². The maximum atomic E-state index is 14.1. The van der Waals surface area contributed by atoms with Gasteiger partial charge in [-0.15, -0.1) is 10.2 Å². The number of hydrogen-bond acceptors (Lipinski definition) is 5. The number of alkyl halides is 5. The third-order valence-electron chi connectivity index (χ3n) is 5.48. The first kappa shape index (κ1) is 22.6. The van der Waals surface area contributed by atoms with Crippen molar-refractivity contribution in [2.75, 3.05) is 4.90 Å². The molecule has 0 radical (unpaired) electrons. The maximum Gasteiger partial charge on any atom is 0.435 e. The molecule has 0 fully saturated rings. The number of rotatable bonds is 4. The third-order valence-corrected chi connectivity index (χ3v) is 5.48. The molecule has 180 valence electrons. The largest absolute Gasteiger partial charge is 0.435 e. The van der Waals surface area contributed by atoms with Crippen LogP contribution >= 0.6 is 0 Å². The van der Waals surface area contributed by atoms with Gasteiger partial charge in [-0.3, -0.25) is 9.48 Å². The Bertz CT molecular complexity index is 1460. The molecule has 1 amide bonds. The smallest absolute Gasteiger partial charge is 0.415 e. The minimum atomic E-state index is -4.71. The number of nitrogens with zero attached hydrogens (tertiary/aromatic N) is 5. The summed E-state index contributed by atoms with van der Waals surface area (Å²) in [6.07, 6.45) is -7.66. The number of carbonyl (C=O) groups is 1. The van der Waals surface area contributed by atoms with E-state index in [0.29, 0.717) is 5.56 Å². The summed E-state index contributed by atoms with van der Waals surface area (Å²) in [6.45, 7) is 0.0448. The van der Waals surface area contributed by atoms with E-state index in [0.717, 1.165) is 22.9 Å². The van der Waals surface area contributed by atoms with Crippen LogP contribution in [-0.2, 0) is 19.8 Å². The molecule has 35 heavy (non-hydrogen) atoms. The Hall–Kier alpha value is -4.16. The first-order valence-electron chi connectivity index (χ1n) is 10.0. The number of aromatic nitrogens is 4. The lowest BCUT2D eigenvalue weighted by Crippen LogP contribution is -2.24. The van der Waals surface area contributed by atoms with Gasteiger partial charge in [0, 0.05) is 23.7 Å². The summed E-state index contributed by atoms with van der Waals surface area (Å²) < 4.78 is 85.1. The van der Waals surface area contributed by atoms with Gasteiger partial charge in [0.2, 0.25) is 5.89 Å². The molecule has 7 nitrogen and oxygen atoms in total. The van der Waals surface area contributed by atoms with Crippen LogP contribution in [0, 0.1) is 5.82 Å². The standard InChI is InChI=1S/C22H13F6N5O2/c1-32-16(8-17(31-32)22(26,27)28)14-7-12(23)4-5-15(14)33-9-11-3-2-10(6-13(11)21(33)34)19-29-30-20(35-19)18(24)25/h2-8,18H,9H2,1H3. The summed E-state index contributed by atoms with van der Waals surface area (Å²) in [6, 6.07) is 8.67. The van der Waals surface area contributed by atoms with E-state index in [4.69, 9.17) is 4.42 Å². The van der Waals surface area contributed by atoms with Crippen molar-refractivity contribution in [3.8, 4) is 22.7 Å². The number of fused-ring (bicyclic) bond motifs is 1. The highest BCUT2D eigenvalue weighted by atomic mass is 19.4. The molecular weight excluding hydrogens is 480 g/mol. The summed E-state index contributed by atoms with van der Waals surface area (Å²) in [4.78, 5) is 14.5. The lowest BCUT2D eigenvalue weighted by molar-refractivity contribution is -0.141. The molecule has 4 aromatic rings. The van der Waals surface area contributed by atoms with E-state index in [1.807, 2.05) is 0 Å². The quantitative estimate of drug-likeness (QED) is 0.356. The van der Waals surface area contributed by atoms with Gasteiger partial charge in [-0.25, -0.2) is 4.39 Å². The number of hydrogen-bond donors (Lipinski definition) is 0. The fourth-order valence-corrected chi connectivity index (χ4v) is 3.87. The highest BCUT2D eigenvalue weighted by Crippen LogP contribution is 2.39. The molecule has 2 aromatic heterocycles. The minimum Gasteiger partial charge on any atom is -0.415 e. The fraction of sp³-hybridized carbons (Fsp3) is 0.182. The first-order valence-corrected chi connectivity index (χ1v) is 10.0. The van der Waals surface area contributed by atoms with Gasteiger partial charge in [0.05, 0.1) is 17.9 Å². The summed E-state index contributed by atoms with van der Waals surface area (Å²) in [5, 5.41) is 10.3. The zero-order valence-corrected chi connectivity index (χ0v) is 17.6. The van der Waals surface area contributed by atoms with E-state index >= 15 is 0 Å². The van der Waals surface area contributed by atoms with Gasteiger partial charge >= 0.3 is 12.6 Å². The predicted octanol–water partition coefficient (Wildman–Crippen LogP) is 5.39. The molecule has 0 bridgehead atoms. The van der Waals surface area contributed by atoms with Crippen molar-refractivity contribution in [1.29, 1.82) is 0 Å². The molecule has 0 N–H and O–H groups in total. The molecule has 1 aliphatic rings. The number of carbonyl (C=O) groups excluding carboxylic acids is 1. The molecule has 5 rings (SSSR count). The number of anilines is 1. The Morgan fingerprint density at radius 2 is 1.80 bits per heavy atom. The Kier molecular flexibility index (Phi) is 5.15. The average Bonchev–Trinajstić information content (AvgIpc) is 3.51. The normalized spacial score (nSPS) is 13.7. The van der Waals surface area contributed by atoms with Gasteiger partial charge in [-0.1, -0.05) is 6.07 Å². The molecule has 0 saturated heterocycles. The highest BCUT2D eigenvalue weighted by Gasteiger charge is 2.36. The Labute approximate surface area is 192 Å². The summed E-state index contributed by atoms with van der Waals surface area (Å²) in [5.74, 6) is -2.30. The molecule has 0 aliphatic carbocycles. The van der Waals surface area contributed by atoms with Gasteiger partial charge in [0.25, 0.3) is 11.8 Å². The predicted molar refractivity (Wildman–Crippen MR) is 109 cm³/mol. The van der Waals surface area contributed by atoms with E-state index in [-0.39, 0.29) is 40.5 Å². The Morgan fingerprint density at radius 1 is 1.03 bits per heavy atom. The summed E-state index contributed by atoms with van der Waals surface area (Å²) in [7, 11) is 1.28. The SMILES string of the molecule is Cn1nc(C(F)(F)F)cc1-c1cc(F)ccc1N1Cc2ccc(-c3nnc(C(F)F)o3)cc2C1=O. The zero-order valence-electron chi connectivity index (χ0n) is 17.6. The zero-order chi connectivity index (χ0) is 25.1. The summed E-state index contributed by atoms with van der Waals surface area (Å²) in [5.41, 5.74) is 0.00702. The van der Waals surface area contributed by atoms with Crippen molar-refractivity contribution in [2.45, 2.75) is 19.1 Å². The molecular formula is C22H13F6N5O2. The van der Waals surface area contributed by atoms with Crippen LogP contribution in [0.5, 0.6) is 0 Å². The molecule has 13 heteroatoms. The average molecular weight is 493 g/mol. The highest BCUT2D eigenvalue weighted by molar-refractivity contribution is 6.12. The van der Waals surface area contributed by atoms with Crippen molar-refractivity contribution >= 4 is 11.6 Å². The maximum absolute atomic E-state index is 14.1. The summed E-state index contributed by atoms with van der Waals surface area (Å²) >= 11 is 0. The van der Waals surface area contributed by atoms with Crippen LogP contribution in [0.4, 0.5) is 32.0 Å². The van der Waals surface area contributed by atoms with E-state index in [1.165, 1.54) is 30.1 Å². The second-order valence-corrected chi connectivity index (χ2v) is 7.71. The van der Waals surface area contributed by atoms with Crippen LogP contribution in [0.25, 0.3) is 22.7 Å². The number of amides is 1. The van der Waals surface area contributed by atoms with Crippen molar-refractivity contribution in [1.82, 2.24) is 20.0 Å². The molecule has 0 atom stereocenters. The fourth-order valence-electron chi connectivity index (χ4n) is 3.87. The van der Waals surface area contributed by atoms with Gasteiger partial charge in [-0.05, 0) is 42.0 Å². The lowest BCUT2D eigenvalue weighted by atomic mass is 10.1. The van der Waals surface area contributed by atoms with E-state index in [9.17, 15) is 31.1 Å². The lowest BCUT2D eigenvalue weighted by Gasteiger charge is -2.20. The van der Waals surface area contributed by atoms with Crippen molar-refractivity contribution in [3.63, 3.8) is 0 Å². The van der Waals surface area contributed by atoms with Crippen LogP contribution in [-0.4, -0.2) is 25.9 Å². The van der Waals surface area contributed by atoms with Crippen LogP contribution in [0.3, 0.4) is 0 Å². The molecule has 0 unspecified atom stereocenters. The first-order chi connectivity index (χ1) is 16.5. The monoisotopic (exact) mass is 493 g/mol. The van der Waals surface area contributed by atoms with Gasteiger partial charge in [0.1, 0.15) is 5.82 Å². The third kappa shape index (κ3) is 3.92. The van der Waals surface area contributed by atoms with Crippen LogP contribution in [0.15, 0.2) is 46.9 Å². The number of halogens is 6. The Balaban J connectivity index is 1.54. The van der Waals surface area contributed by atoms with Crippen LogP contribution in [0.2, 0.25) is 0 Å². The van der Waals surface area contributed by atoms with Crippen molar-refractivity contribution in [2.24, 2.45) is 7.05 Å². The molecule has 1 aliphatic heterocycles. The molecule has 0 spiro atoms. The molecule has 3 heterocycles. The second kappa shape index (κ2) is 7.96. The number of aryl methyl sites for hydroxylation is 1. The second-order valence-electron chi connectivity index (χ2n) is 7.71. The van der Waals surface area contributed by atoms with Crippen LogP contribution in [0.1, 0.15) is 33.9 Å².